The smallest absolute Gasteiger partial charge is 0.262 e. The van der Waals surface area contributed by atoms with Crippen LogP contribution in [0.2, 0.25) is 10.0 Å². The molecule has 0 fully saturated rings. The fourth-order valence-corrected chi connectivity index (χ4v) is 3.97. The molecule has 0 atom stereocenters. The van der Waals surface area contributed by atoms with E-state index in [-0.39, 0.29) is 12.5 Å². The predicted molar refractivity (Wildman–Crippen MR) is 121 cm³/mol. The molecule has 2 aromatic carbocycles. The minimum atomic E-state index is -0.300. The molecule has 30 heavy (non-hydrogen) atoms. The van der Waals surface area contributed by atoms with Gasteiger partial charge in [0.1, 0.15) is 10.8 Å². The van der Waals surface area contributed by atoms with Crippen LogP contribution in [0.25, 0.3) is 22.0 Å². The standard InChI is InChI=1S/C22H15Cl2N3O2S/c23-15-7-8-20(17(24)11-15)29-12-21(28)26-16-5-3-4-14(10-16)19-13-30-22(27-19)18-6-1-2-9-25-18/h1-11,13H,12H2,(H,26,28). The van der Waals surface area contributed by atoms with Crippen molar-refractivity contribution in [3.05, 3.63) is 82.3 Å². The molecule has 4 rings (SSSR count). The minimum Gasteiger partial charge on any atom is -0.482 e. The second-order valence-corrected chi connectivity index (χ2v) is 7.95. The molecule has 0 aliphatic rings. The topological polar surface area (TPSA) is 64.1 Å². The van der Waals surface area contributed by atoms with Crippen molar-refractivity contribution >= 4 is 46.1 Å². The van der Waals surface area contributed by atoms with Gasteiger partial charge in [0.15, 0.2) is 6.61 Å². The van der Waals surface area contributed by atoms with E-state index >= 15 is 0 Å². The fraction of sp³-hybridized carbons (Fsp3) is 0.0455. The summed E-state index contributed by atoms with van der Waals surface area (Å²) in [5.41, 5.74) is 3.20. The average molecular weight is 456 g/mol. The van der Waals surface area contributed by atoms with Crippen molar-refractivity contribution in [2.24, 2.45) is 0 Å². The van der Waals surface area contributed by atoms with E-state index in [2.05, 4.69) is 15.3 Å². The van der Waals surface area contributed by atoms with Gasteiger partial charge in [-0.2, -0.15) is 0 Å². The SMILES string of the molecule is O=C(COc1ccc(Cl)cc1Cl)Nc1cccc(-c2csc(-c3ccccn3)n2)c1. The second kappa shape index (κ2) is 9.26. The third-order valence-electron chi connectivity index (χ3n) is 4.08. The van der Waals surface area contributed by atoms with E-state index in [0.717, 1.165) is 22.0 Å². The molecule has 0 saturated carbocycles. The Morgan fingerprint density at radius 1 is 1.03 bits per heavy atom. The van der Waals surface area contributed by atoms with Crippen molar-refractivity contribution in [3.63, 3.8) is 0 Å². The van der Waals surface area contributed by atoms with Crippen LogP contribution >= 0.6 is 34.5 Å². The van der Waals surface area contributed by atoms with Crippen LogP contribution in [0, 0.1) is 0 Å². The maximum Gasteiger partial charge on any atom is 0.262 e. The molecule has 0 aliphatic heterocycles. The molecule has 5 nitrogen and oxygen atoms in total. The van der Waals surface area contributed by atoms with Gasteiger partial charge < -0.3 is 10.1 Å². The van der Waals surface area contributed by atoms with Crippen molar-refractivity contribution in [1.82, 2.24) is 9.97 Å². The number of amides is 1. The van der Waals surface area contributed by atoms with Crippen LogP contribution in [0.4, 0.5) is 5.69 Å². The Labute approximate surface area is 187 Å². The number of carbonyl (C=O) groups is 1. The number of rotatable bonds is 6. The first-order chi connectivity index (χ1) is 14.6. The molecule has 0 aliphatic carbocycles. The molecule has 0 bridgehead atoms. The van der Waals surface area contributed by atoms with Gasteiger partial charge in [0.25, 0.3) is 5.91 Å². The quantitative estimate of drug-likeness (QED) is 0.376. The highest BCUT2D eigenvalue weighted by molar-refractivity contribution is 7.13. The predicted octanol–water partition coefficient (Wildman–Crippen LogP) is 6.20. The first kappa shape index (κ1) is 20.3. The zero-order valence-electron chi connectivity index (χ0n) is 15.5. The maximum absolute atomic E-state index is 12.3. The zero-order chi connectivity index (χ0) is 20.9. The molecule has 4 aromatic rings. The molecule has 1 N–H and O–H groups in total. The van der Waals surface area contributed by atoms with Crippen LogP contribution in [0.15, 0.2) is 72.2 Å². The van der Waals surface area contributed by atoms with Crippen LogP contribution in [-0.4, -0.2) is 22.5 Å². The average Bonchev–Trinajstić information content (AvgIpc) is 3.24. The summed E-state index contributed by atoms with van der Waals surface area (Å²) in [6.45, 7) is -0.174. The molecule has 0 saturated heterocycles. The van der Waals surface area contributed by atoms with Crippen LogP contribution in [0.5, 0.6) is 5.75 Å². The van der Waals surface area contributed by atoms with Crippen molar-refractivity contribution in [2.45, 2.75) is 0 Å². The Bertz CT molecular complexity index is 1180. The van der Waals surface area contributed by atoms with Gasteiger partial charge in [0.05, 0.1) is 16.4 Å². The number of ether oxygens (including phenoxy) is 1. The van der Waals surface area contributed by atoms with Crippen molar-refractivity contribution < 1.29 is 9.53 Å². The number of nitrogens with zero attached hydrogens (tertiary/aromatic N) is 2. The number of halogens is 2. The minimum absolute atomic E-state index is 0.174. The number of pyridine rings is 1. The number of anilines is 1. The van der Waals surface area contributed by atoms with E-state index in [1.807, 2.05) is 47.8 Å². The molecule has 2 heterocycles. The van der Waals surface area contributed by atoms with Crippen molar-refractivity contribution in [1.29, 1.82) is 0 Å². The van der Waals surface area contributed by atoms with Gasteiger partial charge in [-0.25, -0.2) is 4.98 Å². The molecule has 0 radical (unpaired) electrons. The lowest BCUT2D eigenvalue weighted by atomic mass is 10.1. The van der Waals surface area contributed by atoms with Gasteiger partial charge in [0, 0.05) is 27.9 Å². The molecule has 1 amide bonds. The number of aromatic nitrogens is 2. The van der Waals surface area contributed by atoms with Gasteiger partial charge in [-0.05, 0) is 42.5 Å². The Morgan fingerprint density at radius 3 is 2.73 bits per heavy atom. The van der Waals surface area contributed by atoms with Crippen molar-refractivity contribution in [2.75, 3.05) is 11.9 Å². The Morgan fingerprint density at radius 2 is 1.93 bits per heavy atom. The molecular formula is C22H15Cl2N3O2S. The lowest BCUT2D eigenvalue weighted by Gasteiger charge is -2.09. The Balaban J connectivity index is 1.42. The van der Waals surface area contributed by atoms with E-state index in [1.165, 1.54) is 11.3 Å². The molecular weight excluding hydrogens is 441 g/mol. The first-order valence-electron chi connectivity index (χ1n) is 8.93. The number of thiazole rings is 1. The summed E-state index contributed by atoms with van der Waals surface area (Å²) >= 11 is 13.4. The molecule has 150 valence electrons. The zero-order valence-corrected chi connectivity index (χ0v) is 17.8. The maximum atomic E-state index is 12.3. The number of benzene rings is 2. The van der Waals surface area contributed by atoms with Gasteiger partial charge in [-0.3, -0.25) is 9.78 Å². The lowest BCUT2D eigenvalue weighted by Crippen LogP contribution is -2.20. The number of hydrogen-bond acceptors (Lipinski definition) is 5. The summed E-state index contributed by atoms with van der Waals surface area (Å²) in [6, 6.07) is 18.0. The first-order valence-corrected chi connectivity index (χ1v) is 10.6. The van der Waals surface area contributed by atoms with Crippen LogP contribution in [0.3, 0.4) is 0 Å². The van der Waals surface area contributed by atoms with Crippen LogP contribution in [-0.2, 0) is 4.79 Å². The normalized spacial score (nSPS) is 10.6. The third kappa shape index (κ3) is 4.97. The summed E-state index contributed by atoms with van der Waals surface area (Å²) in [5, 5.41) is 6.48. The number of nitrogens with one attached hydrogen (secondary N) is 1. The van der Waals surface area contributed by atoms with E-state index < -0.39 is 0 Å². The molecule has 8 heteroatoms. The second-order valence-electron chi connectivity index (χ2n) is 6.25. The van der Waals surface area contributed by atoms with Crippen LogP contribution < -0.4 is 10.1 Å². The molecule has 0 unspecified atom stereocenters. The molecule has 0 spiro atoms. The number of carbonyl (C=O) groups excluding carboxylic acids is 1. The molecule has 2 aromatic heterocycles. The van der Waals surface area contributed by atoms with E-state index in [0.29, 0.717) is 21.5 Å². The van der Waals surface area contributed by atoms with Crippen LogP contribution in [0.1, 0.15) is 0 Å². The summed E-state index contributed by atoms with van der Waals surface area (Å²) in [7, 11) is 0. The van der Waals surface area contributed by atoms with E-state index in [1.54, 1.807) is 24.4 Å². The highest BCUT2D eigenvalue weighted by atomic mass is 35.5. The highest BCUT2D eigenvalue weighted by Gasteiger charge is 2.10. The summed E-state index contributed by atoms with van der Waals surface area (Å²) < 4.78 is 5.47. The van der Waals surface area contributed by atoms with Gasteiger partial charge in [-0.15, -0.1) is 11.3 Å². The number of hydrogen-bond donors (Lipinski definition) is 1. The Kier molecular flexibility index (Phi) is 6.28. The Hall–Kier alpha value is -2.93. The summed E-state index contributed by atoms with van der Waals surface area (Å²) in [4.78, 5) is 21.3. The van der Waals surface area contributed by atoms with Gasteiger partial charge >= 0.3 is 0 Å². The highest BCUT2D eigenvalue weighted by Crippen LogP contribution is 2.29. The monoisotopic (exact) mass is 455 g/mol. The summed E-state index contributed by atoms with van der Waals surface area (Å²) in [5.74, 6) is 0.0973. The lowest BCUT2D eigenvalue weighted by molar-refractivity contribution is -0.118. The summed E-state index contributed by atoms with van der Waals surface area (Å²) in [6.07, 6.45) is 1.74. The third-order valence-corrected chi connectivity index (χ3v) is 5.48. The van der Waals surface area contributed by atoms with E-state index in [4.69, 9.17) is 27.9 Å². The van der Waals surface area contributed by atoms with Gasteiger partial charge in [-0.1, -0.05) is 41.4 Å². The van der Waals surface area contributed by atoms with Crippen molar-refractivity contribution in [3.8, 4) is 27.7 Å². The fourth-order valence-electron chi connectivity index (χ4n) is 2.70. The largest absolute Gasteiger partial charge is 0.482 e. The van der Waals surface area contributed by atoms with E-state index in [9.17, 15) is 4.79 Å². The van der Waals surface area contributed by atoms with Gasteiger partial charge in [0.2, 0.25) is 0 Å².